The van der Waals surface area contributed by atoms with Crippen LogP contribution in [0.4, 0.5) is 11.4 Å². The summed E-state index contributed by atoms with van der Waals surface area (Å²) in [6.07, 6.45) is 1.83. The summed E-state index contributed by atoms with van der Waals surface area (Å²) in [6.45, 7) is 2.37. The fraction of sp³-hybridized carbons (Fsp3) is 0.182. The van der Waals surface area contributed by atoms with Crippen LogP contribution in [0.5, 0.6) is 0 Å². The molecule has 0 aliphatic carbocycles. The monoisotopic (exact) mass is 247 g/mol. The van der Waals surface area contributed by atoms with Crippen molar-refractivity contribution in [2.24, 2.45) is 5.84 Å². The van der Waals surface area contributed by atoms with E-state index in [9.17, 15) is 10.1 Å². The first-order valence-corrected chi connectivity index (χ1v) is 5.34. The zero-order chi connectivity index (χ0) is 13.1. The predicted molar refractivity (Wildman–Crippen MR) is 67.0 cm³/mol. The summed E-state index contributed by atoms with van der Waals surface area (Å²) < 4.78 is 1.73. The average molecular weight is 247 g/mol. The normalized spacial score (nSPS) is 10.3. The Morgan fingerprint density at radius 2 is 2.28 bits per heavy atom. The summed E-state index contributed by atoms with van der Waals surface area (Å²) in [6, 6.07) is 6.74. The maximum Gasteiger partial charge on any atom is 0.293 e. The van der Waals surface area contributed by atoms with E-state index in [4.69, 9.17) is 5.84 Å². The largest absolute Gasteiger partial charge is 0.318 e. The maximum atomic E-state index is 10.9. The molecule has 2 aromatic rings. The first kappa shape index (κ1) is 12.1. The van der Waals surface area contributed by atoms with E-state index in [-0.39, 0.29) is 5.69 Å². The molecule has 0 aliphatic heterocycles. The molecule has 94 valence electrons. The van der Waals surface area contributed by atoms with Crippen LogP contribution in [0.3, 0.4) is 0 Å². The van der Waals surface area contributed by atoms with Crippen LogP contribution in [-0.2, 0) is 6.54 Å². The van der Waals surface area contributed by atoms with Crippen LogP contribution < -0.4 is 11.3 Å². The molecule has 0 saturated carbocycles. The third-order valence-electron chi connectivity index (χ3n) is 2.53. The van der Waals surface area contributed by atoms with Crippen LogP contribution >= 0.6 is 0 Å². The van der Waals surface area contributed by atoms with E-state index in [0.29, 0.717) is 12.2 Å². The third-order valence-corrected chi connectivity index (χ3v) is 2.53. The molecule has 1 aromatic heterocycles. The minimum absolute atomic E-state index is 0.0427. The van der Waals surface area contributed by atoms with Crippen molar-refractivity contribution in [3.8, 4) is 0 Å². The van der Waals surface area contributed by atoms with Crippen molar-refractivity contribution in [2.45, 2.75) is 13.5 Å². The van der Waals surface area contributed by atoms with Crippen LogP contribution in [0.1, 0.15) is 11.3 Å². The van der Waals surface area contributed by atoms with Crippen molar-refractivity contribution in [3.05, 3.63) is 51.8 Å². The van der Waals surface area contributed by atoms with Crippen LogP contribution in [0.25, 0.3) is 0 Å². The quantitative estimate of drug-likeness (QED) is 0.483. The number of hydrogen-bond donors (Lipinski definition) is 2. The van der Waals surface area contributed by atoms with Crippen LogP contribution in [0, 0.1) is 17.0 Å². The zero-order valence-corrected chi connectivity index (χ0v) is 9.83. The number of hydrogen-bond acceptors (Lipinski definition) is 5. The van der Waals surface area contributed by atoms with E-state index in [0.717, 1.165) is 11.3 Å². The second-order valence-corrected chi connectivity index (χ2v) is 3.91. The minimum atomic E-state index is -0.465. The lowest BCUT2D eigenvalue weighted by molar-refractivity contribution is -0.384. The van der Waals surface area contributed by atoms with Crippen molar-refractivity contribution in [2.75, 3.05) is 5.43 Å². The summed E-state index contributed by atoms with van der Waals surface area (Å²) in [5.41, 5.74) is 4.26. The van der Waals surface area contributed by atoms with E-state index < -0.39 is 4.92 Å². The highest BCUT2D eigenvalue weighted by Crippen LogP contribution is 2.24. The summed E-state index contributed by atoms with van der Waals surface area (Å²) in [4.78, 5) is 10.4. The van der Waals surface area contributed by atoms with Crippen molar-refractivity contribution < 1.29 is 4.92 Å². The molecule has 3 N–H and O–H groups in total. The molecule has 0 aliphatic rings. The van der Waals surface area contributed by atoms with Crippen molar-refractivity contribution in [1.29, 1.82) is 0 Å². The number of rotatable bonds is 4. The van der Waals surface area contributed by atoms with Crippen LogP contribution in [0.15, 0.2) is 30.5 Å². The predicted octanol–water partition coefficient (Wildman–Crippen LogP) is 1.43. The van der Waals surface area contributed by atoms with Gasteiger partial charge >= 0.3 is 0 Å². The first-order valence-electron chi connectivity index (χ1n) is 5.34. The molecule has 0 spiro atoms. The molecule has 0 fully saturated rings. The van der Waals surface area contributed by atoms with E-state index in [1.54, 1.807) is 16.8 Å². The Hall–Kier alpha value is -2.41. The number of anilines is 1. The number of nitro benzene ring substituents is 1. The summed E-state index contributed by atoms with van der Waals surface area (Å²) in [7, 11) is 0. The fourth-order valence-electron chi connectivity index (χ4n) is 1.69. The fourth-order valence-corrected chi connectivity index (χ4v) is 1.69. The number of nitrogen functional groups attached to an aromatic ring is 1. The second-order valence-electron chi connectivity index (χ2n) is 3.91. The Kier molecular flexibility index (Phi) is 3.24. The molecular weight excluding hydrogens is 234 g/mol. The zero-order valence-electron chi connectivity index (χ0n) is 9.83. The van der Waals surface area contributed by atoms with E-state index >= 15 is 0 Å². The topological polar surface area (TPSA) is 99.0 Å². The number of nitrogens with two attached hydrogens (primary N) is 1. The van der Waals surface area contributed by atoms with Gasteiger partial charge in [0.15, 0.2) is 0 Å². The van der Waals surface area contributed by atoms with Gasteiger partial charge in [-0.15, -0.1) is 0 Å². The van der Waals surface area contributed by atoms with Gasteiger partial charge in [0.25, 0.3) is 5.69 Å². The van der Waals surface area contributed by atoms with Gasteiger partial charge in [-0.1, -0.05) is 6.07 Å². The number of nitro groups is 1. The lowest BCUT2D eigenvalue weighted by Crippen LogP contribution is -2.09. The van der Waals surface area contributed by atoms with E-state index in [1.807, 2.05) is 19.2 Å². The summed E-state index contributed by atoms with van der Waals surface area (Å²) >= 11 is 0. The molecular formula is C11H13N5O2. The van der Waals surface area contributed by atoms with Gasteiger partial charge in [0.2, 0.25) is 0 Å². The second kappa shape index (κ2) is 4.84. The Morgan fingerprint density at radius 3 is 2.83 bits per heavy atom. The molecule has 18 heavy (non-hydrogen) atoms. The average Bonchev–Trinajstić information content (AvgIpc) is 2.74. The lowest BCUT2D eigenvalue weighted by atomic mass is 10.1. The lowest BCUT2D eigenvalue weighted by Gasteiger charge is -2.05. The highest BCUT2D eigenvalue weighted by atomic mass is 16.6. The first-order chi connectivity index (χ1) is 8.60. The van der Waals surface area contributed by atoms with Gasteiger partial charge in [-0.25, -0.2) is 0 Å². The molecule has 0 atom stereocenters. The minimum Gasteiger partial charge on any atom is -0.318 e. The molecule has 0 bridgehead atoms. The molecule has 1 aromatic carbocycles. The molecule has 1 heterocycles. The van der Waals surface area contributed by atoms with Gasteiger partial charge in [-0.05, 0) is 24.6 Å². The van der Waals surface area contributed by atoms with Gasteiger partial charge in [-0.2, -0.15) is 5.10 Å². The molecule has 0 radical (unpaired) electrons. The highest BCUT2D eigenvalue weighted by Gasteiger charge is 2.13. The smallest absolute Gasteiger partial charge is 0.293 e. The Balaban J connectivity index is 2.29. The van der Waals surface area contributed by atoms with Crippen LogP contribution in [0.2, 0.25) is 0 Å². The Labute approximate surface area is 103 Å². The van der Waals surface area contributed by atoms with Crippen LogP contribution in [-0.4, -0.2) is 14.7 Å². The van der Waals surface area contributed by atoms with Crippen molar-refractivity contribution in [1.82, 2.24) is 9.78 Å². The molecule has 7 heteroatoms. The number of aromatic nitrogens is 2. The van der Waals surface area contributed by atoms with Crippen molar-refractivity contribution >= 4 is 11.4 Å². The van der Waals surface area contributed by atoms with Gasteiger partial charge in [0, 0.05) is 12.3 Å². The third kappa shape index (κ3) is 2.46. The SMILES string of the molecule is Cc1ccn(Cc2ccc(NN)c([N+](=O)[O-])c2)n1. The van der Waals surface area contributed by atoms with Crippen molar-refractivity contribution in [3.63, 3.8) is 0 Å². The highest BCUT2D eigenvalue weighted by molar-refractivity contribution is 5.61. The Morgan fingerprint density at radius 1 is 1.50 bits per heavy atom. The van der Waals surface area contributed by atoms with Gasteiger partial charge < -0.3 is 5.43 Å². The van der Waals surface area contributed by atoms with E-state index in [1.165, 1.54) is 6.07 Å². The number of nitrogens with zero attached hydrogens (tertiary/aromatic N) is 3. The molecule has 0 amide bonds. The summed E-state index contributed by atoms with van der Waals surface area (Å²) in [5.74, 6) is 5.22. The molecule has 2 rings (SSSR count). The maximum absolute atomic E-state index is 10.9. The molecule has 0 saturated heterocycles. The molecule has 0 unspecified atom stereocenters. The van der Waals surface area contributed by atoms with Gasteiger partial charge in [0.1, 0.15) is 5.69 Å². The number of nitrogens with one attached hydrogen (secondary N) is 1. The van der Waals surface area contributed by atoms with Gasteiger partial charge in [-0.3, -0.25) is 20.6 Å². The number of hydrazine groups is 1. The number of benzene rings is 1. The summed E-state index contributed by atoms with van der Waals surface area (Å²) in [5, 5.41) is 15.1. The standard InChI is InChI=1S/C11H13N5O2/c1-8-4-5-15(14-8)7-9-2-3-10(13-12)11(6-9)16(17)18/h2-6,13H,7,12H2,1H3. The molecule has 7 nitrogen and oxygen atoms in total. The van der Waals surface area contributed by atoms with Gasteiger partial charge in [0.05, 0.1) is 17.2 Å². The number of aryl methyl sites for hydroxylation is 1. The van der Waals surface area contributed by atoms with E-state index in [2.05, 4.69) is 10.5 Å². The Bertz CT molecular complexity index is 579.